The number of carbonyl (C=O) groups excluding carboxylic acids is 1. The highest BCUT2D eigenvalue weighted by Crippen LogP contribution is 2.36. The molecule has 3 nitrogen and oxygen atoms in total. The van der Waals surface area contributed by atoms with Crippen molar-refractivity contribution in [3.63, 3.8) is 0 Å². The molecule has 2 aromatic carbocycles. The Bertz CT molecular complexity index is 778. The van der Waals surface area contributed by atoms with E-state index >= 15 is 0 Å². The number of nitrogens with one attached hydrogen (secondary N) is 2. The van der Waals surface area contributed by atoms with E-state index in [-0.39, 0.29) is 10.7 Å². The number of hydrogen-bond acceptors (Lipinski definition) is 1. The number of hydrogen-bond donors (Lipinski definition) is 2. The van der Waals surface area contributed by atoms with Crippen molar-refractivity contribution in [1.29, 1.82) is 0 Å². The van der Waals surface area contributed by atoms with Crippen molar-refractivity contribution in [3.8, 4) is 0 Å². The molecule has 0 unspecified atom stereocenters. The third kappa shape index (κ3) is 5.01. The molecule has 2 aromatic rings. The molecule has 126 valence electrons. The maximum absolute atomic E-state index is 12.9. The SMILES string of the molecule is O=C(N/C=C/c1ccccc1Br)Nc1ccc(Cl)cc1C(F)(F)F. The summed E-state index contributed by atoms with van der Waals surface area (Å²) in [7, 11) is 0. The topological polar surface area (TPSA) is 41.1 Å². The minimum absolute atomic E-state index is 0.0675. The molecule has 2 N–H and O–H groups in total. The highest BCUT2D eigenvalue weighted by atomic mass is 79.9. The number of rotatable bonds is 3. The van der Waals surface area contributed by atoms with Crippen molar-refractivity contribution in [3.05, 3.63) is 69.3 Å². The molecule has 0 bridgehead atoms. The van der Waals surface area contributed by atoms with Gasteiger partial charge in [0.15, 0.2) is 0 Å². The van der Waals surface area contributed by atoms with Crippen LogP contribution in [0.2, 0.25) is 5.02 Å². The van der Waals surface area contributed by atoms with Crippen molar-refractivity contribution < 1.29 is 18.0 Å². The molecule has 0 atom stereocenters. The van der Waals surface area contributed by atoms with Crippen LogP contribution in [0, 0.1) is 0 Å². The fraction of sp³-hybridized carbons (Fsp3) is 0.0625. The minimum atomic E-state index is -4.63. The third-order valence-electron chi connectivity index (χ3n) is 2.92. The summed E-state index contributed by atoms with van der Waals surface area (Å²) in [5.41, 5.74) is -0.584. The number of halogens is 5. The number of amides is 2. The largest absolute Gasteiger partial charge is 0.418 e. The van der Waals surface area contributed by atoms with Crippen LogP contribution in [0.5, 0.6) is 0 Å². The van der Waals surface area contributed by atoms with Gasteiger partial charge in [-0.05, 0) is 35.9 Å². The van der Waals surface area contributed by atoms with E-state index in [1.165, 1.54) is 12.3 Å². The average molecular weight is 420 g/mol. The lowest BCUT2D eigenvalue weighted by atomic mass is 10.1. The maximum Gasteiger partial charge on any atom is 0.418 e. The van der Waals surface area contributed by atoms with E-state index in [9.17, 15) is 18.0 Å². The van der Waals surface area contributed by atoms with Crippen LogP contribution in [-0.2, 0) is 6.18 Å². The average Bonchev–Trinajstić information content (AvgIpc) is 2.50. The van der Waals surface area contributed by atoms with E-state index in [0.29, 0.717) is 0 Å². The Hall–Kier alpha value is -1.99. The summed E-state index contributed by atoms with van der Waals surface area (Å²) in [6, 6.07) is 9.60. The summed E-state index contributed by atoms with van der Waals surface area (Å²) in [6.45, 7) is 0. The zero-order chi connectivity index (χ0) is 17.7. The third-order valence-corrected chi connectivity index (χ3v) is 3.88. The Labute approximate surface area is 149 Å². The van der Waals surface area contributed by atoms with Gasteiger partial charge in [0.1, 0.15) is 0 Å². The summed E-state index contributed by atoms with van der Waals surface area (Å²) in [5, 5.41) is 4.43. The van der Waals surface area contributed by atoms with E-state index in [4.69, 9.17) is 11.6 Å². The van der Waals surface area contributed by atoms with Crippen molar-refractivity contribution >= 4 is 45.3 Å². The summed E-state index contributed by atoms with van der Waals surface area (Å²) >= 11 is 8.92. The van der Waals surface area contributed by atoms with Crippen LogP contribution in [0.1, 0.15) is 11.1 Å². The summed E-state index contributed by atoms with van der Waals surface area (Å²) in [6.07, 6.45) is -1.69. The summed E-state index contributed by atoms with van der Waals surface area (Å²) in [4.78, 5) is 11.8. The monoisotopic (exact) mass is 418 g/mol. The molecule has 8 heteroatoms. The van der Waals surface area contributed by atoms with Gasteiger partial charge in [-0.3, -0.25) is 0 Å². The van der Waals surface area contributed by atoms with Crippen molar-refractivity contribution in [2.24, 2.45) is 0 Å². The van der Waals surface area contributed by atoms with E-state index in [0.717, 1.165) is 22.2 Å². The van der Waals surface area contributed by atoms with E-state index < -0.39 is 17.8 Å². The molecule has 2 amide bonds. The predicted octanol–water partition coefficient (Wildman–Crippen LogP) is 5.91. The normalized spacial score (nSPS) is 11.5. The minimum Gasteiger partial charge on any atom is -0.314 e. The lowest BCUT2D eigenvalue weighted by Crippen LogP contribution is -2.25. The lowest BCUT2D eigenvalue weighted by molar-refractivity contribution is -0.136. The van der Waals surface area contributed by atoms with Crippen LogP contribution < -0.4 is 10.6 Å². The molecular formula is C16H11BrClF3N2O. The number of anilines is 1. The molecule has 0 fully saturated rings. The second-order valence-corrected chi connectivity index (χ2v) is 5.93. The first-order chi connectivity index (χ1) is 11.3. The van der Waals surface area contributed by atoms with Crippen LogP contribution in [-0.4, -0.2) is 6.03 Å². The second-order valence-electron chi connectivity index (χ2n) is 4.64. The fourth-order valence-electron chi connectivity index (χ4n) is 1.84. The van der Waals surface area contributed by atoms with Crippen LogP contribution in [0.4, 0.5) is 23.7 Å². The van der Waals surface area contributed by atoms with Gasteiger partial charge in [-0.15, -0.1) is 0 Å². The zero-order valence-electron chi connectivity index (χ0n) is 12.0. The molecule has 0 aliphatic carbocycles. The van der Waals surface area contributed by atoms with Crippen molar-refractivity contribution in [1.82, 2.24) is 5.32 Å². The van der Waals surface area contributed by atoms with Crippen LogP contribution >= 0.6 is 27.5 Å². The number of carbonyl (C=O) groups is 1. The van der Waals surface area contributed by atoms with Gasteiger partial charge in [-0.1, -0.05) is 45.7 Å². The van der Waals surface area contributed by atoms with Crippen LogP contribution in [0.3, 0.4) is 0 Å². The Morgan fingerprint density at radius 2 is 1.88 bits per heavy atom. The van der Waals surface area contributed by atoms with E-state index in [1.807, 2.05) is 18.2 Å². The van der Waals surface area contributed by atoms with Gasteiger partial charge in [0.05, 0.1) is 11.3 Å². The van der Waals surface area contributed by atoms with E-state index in [1.54, 1.807) is 12.1 Å². The van der Waals surface area contributed by atoms with Gasteiger partial charge in [-0.25, -0.2) is 4.79 Å². The molecule has 0 aliphatic rings. The van der Waals surface area contributed by atoms with Crippen molar-refractivity contribution in [2.45, 2.75) is 6.18 Å². The Morgan fingerprint density at radius 3 is 2.54 bits per heavy atom. The zero-order valence-corrected chi connectivity index (χ0v) is 14.3. The quantitative estimate of drug-likeness (QED) is 0.637. The molecule has 0 aliphatic heterocycles. The van der Waals surface area contributed by atoms with Crippen LogP contribution in [0.15, 0.2) is 53.1 Å². The molecular weight excluding hydrogens is 409 g/mol. The number of urea groups is 1. The summed E-state index contributed by atoms with van der Waals surface area (Å²) < 4.78 is 39.7. The van der Waals surface area contributed by atoms with Crippen LogP contribution in [0.25, 0.3) is 6.08 Å². The van der Waals surface area contributed by atoms with Gasteiger partial charge >= 0.3 is 12.2 Å². The highest BCUT2D eigenvalue weighted by Gasteiger charge is 2.34. The fourth-order valence-corrected chi connectivity index (χ4v) is 2.42. The van der Waals surface area contributed by atoms with Gasteiger partial charge in [0.25, 0.3) is 0 Å². The standard InChI is InChI=1S/C16H11BrClF3N2O/c17-13-4-2-1-3-10(13)7-8-22-15(24)23-14-6-5-11(18)9-12(14)16(19,20)21/h1-9H,(H2,22,23,24)/b8-7+. The molecule has 0 radical (unpaired) electrons. The van der Waals surface area contributed by atoms with Gasteiger partial charge < -0.3 is 10.6 Å². The highest BCUT2D eigenvalue weighted by molar-refractivity contribution is 9.10. The predicted molar refractivity (Wildman–Crippen MR) is 91.8 cm³/mol. The number of alkyl halides is 3. The molecule has 0 saturated carbocycles. The maximum atomic E-state index is 12.9. The van der Waals surface area contributed by atoms with Gasteiger partial charge in [0, 0.05) is 15.7 Å². The van der Waals surface area contributed by atoms with Gasteiger partial charge in [-0.2, -0.15) is 13.2 Å². The molecule has 0 aromatic heterocycles. The molecule has 24 heavy (non-hydrogen) atoms. The molecule has 0 saturated heterocycles. The lowest BCUT2D eigenvalue weighted by Gasteiger charge is -2.13. The Balaban J connectivity index is 2.07. The number of benzene rings is 2. The Kier molecular flexibility index (Phi) is 5.90. The molecule has 2 rings (SSSR count). The van der Waals surface area contributed by atoms with E-state index in [2.05, 4.69) is 26.6 Å². The Morgan fingerprint density at radius 1 is 1.17 bits per heavy atom. The first-order valence-corrected chi connectivity index (χ1v) is 7.80. The first kappa shape index (κ1) is 18.4. The van der Waals surface area contributed by atoms with Gasteiger partial charge in [0.2, 0.25) is 0 Å². The molecule has 0 spiro atoms. The molecule has 0 heterocycles. The smallest absolute Gasteiger partial charge is 0.314 e. The van der Waals surface area contributed by atoms with Crippen molar-refractivity contribution in [2.75, 3.05) is 5.32 Å². The second kappa shape index (κ2) is 7.72. The summed E-state index contributed by atoms with van der Waals surface area (Å²) in [5.74, 6) is 0. The first-order valence-electron chi connectivity index (χ1n) is 6.63.